The molecule has 1 aromatic heterocycles. The fourth-order valence-electron chi connectivity index (χ4n) is 2.04. The van der Waals surface area contributed by atoms with Crippen molar-refractivity contribution in [2.75, 3.05) is 0 Å². The number of fused-ring (bicyclic) bond motifs is 1. The molecular formula is C14H10IN4O3S. The molecule has 0 atom stereocenters. The van der Waals surface area contributed by atoms with Crippen molar-refractivity contribution in [3.63, 3.8) is 0 Å². The Morgan fingerprint density at radius 1 is 1.09 bits per heavy atom. The maximum atomic E-state index is 11.1. The van der Waals surface area contributed by atoms with E-state index in [1.165, 1.54) is 24.3 Å². The quantitative estimate of drug-likeness (QED) is 0.475. The molecule has 3 aromatic rings. The number of nitrogens with one attached hydrogen (secondary N) is 2. The number of rotatable bonds is 3. The van der Waals surface area contributed by atoms with Gasteiger partial charge in [0.2, 0.25) is 5.88 Å². The minimum absolute atomic E-state index is 0.0869. The van der Waals surface area contributed by atoms with Crippen molar-refractivity contribution in [1.29, 1.82) is 0 Å². The highest BCUT2D eigenvalue weighted by Gasteiger charge is 2.11. The highest BCUT2D eigenvalue weighted by molar-refractivity contribution is 14.1. The van der Waals surface area contributed by atoms with E-state index in [4.69, 9.17) is 5.14 Å². The molecule has 3 N–H and O–H groups in total. The molecule has 0 bridgehead atoms. The Labute approximate surface area is 145 Å². The standard InChI is InChI=1S/C14H10IN4O3S/c15-8-1-6-12-11(7-8)13(14(20)17-12)19-18-9-2-4-10(5-3-9)23(16,21)22/h1-7,16-17,20H. The molecule has 9 heteroatoms. The fourth-order valence-corrected chi connectivity index (χ4v) is 3.02. The van der Waals surface area contributed by atoms with Gasteiger partial charge in [0.15, 0.2) is 5.69 Å². The Morgan fingerprint density at radius 2 is 1.78 bits per heavy atom. The van der Waals surface area contributed by atoms with Crippen LogP contribution in [0, 0.1) is 3.57 Å². The lowest BCUT2D eigenvalue weighted by atomic mass is 10.2. The van der Waals surface area contributed by atoms with Gasteiger partial charge in [0.1, 0.15) is 0 Å². The summed E-state index contributed by atoms with van der Waals surface area (Å²) < 4.78 is 23.2. The molecule has 0 saturated heterocycles. The van der Waals surface area contributed by atoms with E-state index in [9.17, 15) is 13.5 Å². The number of aromatic hydroxyl groups is 1. The second kappa shape index (κ2) is 5.91. The topological polar surface area (TPSA) is 119 Å². The SMILES string of the molecule is [NH]S(=O)(=O)c1ccc(N=Nc2c(O)[nH]c3ccc(I)cc23)cc1. The van der Waals surface area contributed by atoms with E-state index in [2.05, 4.69) is 37.8 Å². The average molecular weight is 441 g/mol. The third-order valence-corrected chi connectivity index (χ3v) is 4.69. The van der Waals surface area contributed by atoms with Crippen LogP contribution in [0.25, 0.3) is 10.9 Å². The van der Waals surface area contributed by atoms with Crippen LogP contribution in [-0.2, 0) is 10.0 Å². The minimum Gasteiger partial charge on any atom is -0.493 e. The maximum absolute atomic E-state index is 11.1. The maximum Gasteiger partial charge on any atom is 0.254 e. The van der Waals surface area contributed by atoms with Crippen LogP contribution in [0.5, 0.6) is 5.88 Å². The Balaban J connectivity index is 1.97. The summed E-state index contributed by atoms with van der Waals surface area (Å²) in [6, 6.07) is 11.1. The Kier molecular flexibility index (Phi) is 4.08. The monoisotopic (exact) mass is 441 g/mol. The lowest BCUT2D eigenvalue weighted by Gasteiger charge is -1.97. The Bertz CT molecular complexity index is 1010. The van der Waals surface area contributed by atoms with Crippen molar-refractivity contribution in [2.24, 2.45) is 10.2 Å². The van der Waals surface area contributed by atoms with Crippen LogP contribution in [-0.4, -0.2) is 18.5 Å². The van der Waals surface area contributed by atoms with E-state index in [1.807, 2.05) is 18.2 Å². The second-order valence-corrected chi connectivity index (χ2v) is 7.43. The summed E-state index contributed by atoms with van der Waals surface area (Å²) in [6.45, 7) is 0. The molecule has 7 nitrogen and oxygen atoms in total. The first-order valence-electron chi connectivity index (χ1n) is 6.36. The van der Waals surface area contributed by atoms with Crippen LogP contribution in [0.3, 0.4) is 0 Å². The lowest BCUT2D eigenvalue weighted by molar-refractivity contribution is 0.459. The van der Waals surface area contributed by atoms with Gasteiger partial charge in [-0.3, -0.25) is 0 Å². The van der Waals surface area contributed by atoms with Gasteiger partial charge in [-0.1, -0.05) is 0 Å². The summed E-state index contributed by atoms with van der Waals surface area (Å²) >= 11 is 2.16. The normalized spacial score (nSPS) is 12.3. The van der Waals surface area contributed by atoms with Crippen molar-refractivity contribution in [2.45, 2.75) is 4.90 Å². The molecule has 0 spiro atoms. The minimum atomic E-state index is -3.99. The number of aromatic amines is 1. The summed E-state index contributed by atoms with van der Waals surface area (Å²) in [4.78, 5) is 2.70. The first-order valence-corrected chi connectivity index (χ1v) is 8.92. The van der Waals surface area contributed by atoms with Crippen molar-refractivity contribution in [3.05, 3.63) is 46.0 Å². The zero-order chi connectivity index (χ0) is 16.6. The predicted molar refractivity (Wildman–Crippen MR) is 93.6 cm³/mol. The molecule has 117 valence electrons. The molecule has 0 fully saturated rings. The van der Waals surface area contributed by atoms with Crippen LogP contribution >= 0.6 is 22.6 Å². The number of sulfonamides is 1. The molecule has 3 rings (SSSR count). The Morgan fingerprint density at radius 3 is 2.43 bits per heavy atom. The van der Waals surface area contributed by atoms with Gasteiger partial charge < -0.3 is 10.1 Å². The van der Waals surface area contributed by atoms with Crippen LogP contribution in [0.1, 0.15) is 0 Å². The van der Waals surface area contributed by atoms with Crippen LogP contribution in [0.4, 0.5) is 11.4 Å². The van der Waals surface area contributed by atoms with E-state index in [1.54, 1.807) is 0 Å². The van der Waals surface area contributed by atoms with Crippen molar-refractivity contribution < 1.29 is 13.5 Å². The van der Waals surface area contributed by atoms with Gasteiger partial charge in [0.25, 0.3) is 10.0 Å². The molecule has 2 aromatic carbocycles. The summed E-state index contributed by atoms with van der Waals surface area (Å²) in [7, 11) is -3.99. The van der Waals surface area contributed by atoms with Crippen molar-refractivity contribution >= 4 is 54.9 Å². The van der Waals surface area contributed by atoms with E-state index in [-0.39, 0.29) is 10.8 Å². The fraction of sp³-hybridized carbons (Fsp3) is 0. The number of azo groups is 1. The van der Waals surface area contributed by atoms with Gasteiger partial charge in [-0.2, -0.15) is 5.11 Å². The second-order valence-electron chi connectivity index (χ2n) is 4.71. The van der Waals surface area contributed by atoms with Gasteiger partial charge in [0, 0.05) is 8.96 Å². The third-order valence-electron chi connectivity index (χ3n) is 3.13. The molecule has 1 radical (unpaired) electrons. The van der Waals surface area contributed by atoms with Crippen molar-refractivity contribution in [3.8, 4) is 5.88 Å². The summed E-state index contributed by atoms with van der Waals surface area (Å²) in [6.07, 6.45) is 0. The van der Waals surface area contributed by atoms with Crippen LogP contribution in [0.15, 0.2) is 57.6 Å². The highest BCUT2D eigenvalue weighted by Crippen LogP contribution is 2.37. The van der Waals surface area contributed by atoms with Gasteiger partial charge in [-0.25, -0.2) is 8.42 Å². The largest absolute Gasteiger partial charge is 0.493 e. The first-order chi connectivity index (χ1) is 10.8. The highest BCUT2D eigenvalue weighted by atomic mass is 127. The number of halogens is 1. The summed E-state index contributed by atoms with van der Waals surface area (Å²) in [5.74, 6) is -0.0869. The van der Waals surface area contributed by atoms with Gasteiger partial charge in [-0.15, -0.1) is 10.3 Å². The molecule has 0 aliphatic carbocycles. The molecular weight excluding hydrogens is 431 g/mol. The van der Waals surface area contributed by atoms with E-state index < -0.39 is 10.0 Å². The number of aromatic nitrogens is 1. The first kappa shape index (κ1) is 15.9. The lowest BCUT2D eigenvalue weighted by Crippen LogP contribution is -1.99. The smallest absolute Gasteiger partial charge is 0.254 e. The molecule has 23 heavy (non-hydrogen) atoms. The van der Waals surface area contributed by atoms with Crippen LogP contribution < -0.4 is 5.14 Å². The average Bonchev–Trinajstić information content (AvgIpc) is 2.79. The number of benzene rings is 2. The molecule has 0 saturated carbocycles. The summed E-state index contributed by atoms with van der Waals surface area (Å²) in [5, 5.41) is 25.7. The van der Waals surface area contributed by atoms with E-state index in [0.29, 0.717) is 11.4 Å². The molecule has 0 aliphatic rings. The summed E-state index contributed by atoms with van der Waals surface area (Å²) in [5.41, 5.74) is 1.47. The zero-order valence-corrected chi connectivity index (χ0v) is 14.5. The molecule has 0 amide bonds. The molecule has 1 heterocycles. The zero-order valence-electron chi connectivity index (χ0n) is 11.5. The van der Waals surface area contributed by atoms with Crippen LogP contribution in [0.2, 0.25) is 0 Å². The molecule has 0 unspecified atom stereocenters. The Hall–Kier alpha value is -1.98. The third kappa shape index (κ3) is 3.35. The molecule has 0 aliphatic heterocycles. The van der Waals surface area contributed by atoms with Gasteiger partial charge in [0.05, 0.1) is 16.1 Å². The van der Waals surface area contributed by atoms with E-state index >= 15 is 0 Å². The number of hydrogen-bond donors (Lipinski definition) is 2. The number of hydrogen-bond acceptors (Lipinski definition) is 5. The van der Waals surface area contributed by atoms with Crippen molar-refractivity contribution in [1.82, 2.24) is 10.1 Å². The van der Waals surface area contributed by atoms with Gasteiger partial charge in [-0.05, 0) is 65.1 Å². The van der Waals surface area contributed by atoms with Gasteiger partial charge >= 0.3 is 0 Å². The predicted octanol–water partition coefficient (Wildman–Crippen LogP) is 3.87. The number of H-pyrrole nitrogens is 1. The van der Waals surface area contributed by atoms with E-state index in [0.717, 1.165) is 14.5 Å². The number of nitrogens with zero attached hydrogens (tertiary/aromatic N) is 2.